The summed E-state index contributed by atoms with van der Waals surface area (Å²) in [6.45, 7) is 3.92. The molecule has 0 unspecified atom stereocenters. The molecule has 0 aromatic carbocycles. The molecular weight excluding hydrogens is 584 g/mol. The third kappa shape index (κ3) is 35.8. The average Bonchev–Trinajstić information content (AvgIpc) is 3.07. The average molecular weight is 653 g/mol. The molecule has 1 N–H and O–H groups in total. The molecule has 0 aromatic heterocycles. The monoisotopic (exact) mass is 653 g/mol. The zero-order valence-electron chi connectivity index (χ0n) is 30.0. The van der Waals surface area contributed by atoms with Crippen LogP contribution in [0, 0.1) is 0 Å². The van der Waals surface area contributed by atoms with E-state index in [2.05, 4.69) is 98.9 Å². The Morgan fingerprint density at radius 3 is 1.40 bits per heavy atom. The molecule has 0 saturated carbocycles. The zero-order valence-corrected chi connectivity index (χ0v) is 30.0. The molecule has 47 heavy (non-hydrogen) atoms. The van der Waals surface area contributed by atoms with Crippen molar-refractivity contribution in [2.45, 2.75) is 155 Å². The lowest BCUT2D eigenvalue weighted by atomic mass is 10.1. The van der Waals surface area contributed by atoms with Crippen LogP contribution >= 0.6 is 0 Å². The van der Waals surface area contributed by atoms with Crippen molar-refractivity contribution in [1.29, 1.82) is 0 Å². The number of ether oxygens (including phenoxy) is 2. The van der Waals surface area contributed by atoms with Crippen LogP contribution in [-0.2, 0) is 19.1 Å². The van der Waals surface area contributed by atoms with Crippen LogP contribution < -0.4 is 0 Å². The van der Waals surface area contributed by atoms with E-state index in [4.69, 9.17) is 9.47 Å². The maximum atomic E-state index is 12.1. The maximum Gasteiger partial charge on any atom is 0.306 e. The van der Waals surface area contributed by atoms with E-state index in [1.807, 2.05) is 0 Å². The van der Waals surface area contributed by atoms with E-state index < -0.39 is 6.10 Å². The number of rotatable bonds is 32. The summed E-state index contributed by atoms with van der Waals surface area (Å²) in [6, 6.07) is 0. The number of carbonyl (C=O) groups excluding carboxylic acids is 2. The fourth-order valence-electron chi connectivity index (χ4n) is 4.59. The number of hydrogen-bond acceptors (Lipinski definition) is 5. The zero-order chi connectivity index (χ0) is 34.3. The Morgan fingerprint density at radius 2 is 0.915 bits per heavy atom. The number of aliphatic hydroxyl groups is 1. The lowest BCUT2D eigenvalue weighted by molar-refractivity contribution is -0.161. The molecule has 0 radical (unpaired) electrons. The van der Waals surface area contributed by atoms with Crippen LogP contribution in [0.5, 0.6) is 0 Å². The summed E-state index contributed by atoms with van der Waals surface area (Å²) in [5.41, 5.74) is 0. The van der Waals surface area contributed by atoms with Gasteiger partial charge < -0.3 is 14.6 Å². The van der Waals surface area contributed by atoms with Gasteiger partial charge in [-0.2, -0.15) is 0 Å². The van der Waals surface area contributed by atoms with Crippen molar-refractivity contribution in [3.05, 3.63) is 85.1 Å². The van der Waals surface area contributed by atoms with E-state index in [9.17, 15) is 14.7 Å². The van der Waals surface area contributed by atoms with E-state index >= 15 is 0 Å². The van der Waals surface area contributed by atoms with Crippen LogP contribution in [0.1, 0.15) is 149 Å². The van der Waals surface area contributed by atoms with Gasteiger partial charge in [-0.3, -0.25) is 9.59 Å². The summed E-state index contributed by atoms with van der Waals surface area (Å²) in [6.07, 6.45) is 50.6. The van der Waals surface area contributed by atoms with Gasteiger partial charge in [0.05, 0.1) is 6.61 Å². The Kier molecular flexibility index (Phi) is 35.2. The highest BCUT2D eigenvalue weighted by Gasteiger charge is 2.16. The Labute approximate surface area is 288 Å². The molecule has 5 heteroatoms. The second-order valence-electron chi connectivity index (χ2n) is 11.9. The van der Waals surface area contributed by atoms with E-state index in [0.29, 0.717) is 12.8 Å². The van der Waals surface area contributed by atoms with Gasteiger partial charge >= 0.3 is 11.9 Å². The van der Waals surface area contributed by atoms with Crippen molar-refractivity contribution in [2.24, 2.45) is 0 Å². The largest absolute Gasteiger partial charge is 0.462 e. The second-order valence-corrected chi connectivity index (χ2v) is 11.9. The fourth-order valence-corrected chi connectivity index (χ4v) is 4.59. The number of unbranched alkanes of at least 4 members (excludes halogenated alkanes) is 10. The molecule has 0 fully saturated rings. The molecule has 1 atom stereocenters. The quantitative estimate of drug-likeness (QED) is 0.0445. The minimum Gasteiger partial charge on any atom is -0.462 e. The lowest BCUT2D eigenvalue weighted by Crippen LogP contribution is -2.28. The Hall–Kier alpha value is -2.92. The van der Waals surface area contributed by atoms with Gasteiger partial charge in [-0.1, -0.05) is 137 Å². The van der Waals surface area contributed by atoms with Gasteiger partial charge in [0.2, 0.25) is 0 Å². The minimum atomic E-state index is -0.798. The lowest BCUT2D eigenvalue weighted by Gasteiger charge is -2.15. The number of aliphatic hydroxyl groups excluding tert-OH is 1. The normalized spacial score (nSPS) is 13.2. The third-order valence-electron chi connectivity index (χ3n) is 7.42. The smallest absolute Gasteiger partial charge is 0.306 e. The van der Waals surface area contributed by atoms with Crippen LogP contribution in [0.3, 0.4) is 0 Å². The van der Waals surface area contributed by atoms with Crippen molar-refractivity contribution in [3.63, 3.8) is 0 Å². The molecule has 0 saturated heterocycles. The molecule has 0 aliphatic rings. The van der Waals surface area contributed by atoms with Gasteiger partial charge in [-0.05, 0) is 83.5 Å². The van der Waals surface area contributed by atoms with Crippen LogP contribution in [0.4, 0.5) is 0 Å². The van der Waals surface area contributed by atoms with Crippen molar-refractivity contribution < 1.29 is 24.2 Å². The minimum absolute atomic E-state index is 0.0920. The first-order chi connectivity index (χ1) is 23.1. The molecule has 0 bridgehead atoms. The predicted molar refractivity (Wildman–Crippen MR) is 200 cm³/mol. The van der Waals surface area contributed by atoms with Crippen LogP contribution in [0.25, 0.3) is 0 Å². The highest BCUT2D eigenvalue weighted by atomic mass is 16.6. The maximum absolute atomic E-state index is 12.1. The highest BCUT2D eigenvalue weighted by molar-refractivity contribution is 5.70. The summed E-state index contributed by atoms with van der Waals surface area (Å²) in [5, 5.41) is 9.53. The van der Waals surface area contributed by atoms with Gasteiger partial charge in [0, 0.05) is 12.8 Å². The van der Waals surface area contributed by atoms with Crippen LogP contribution in [0.2, 0.25) is 0 Å². The molecule has 0 rings (SSSR count). The predicted octanol–water partition coefficient (Wildman–Crippen LogP) is 11.6. The Balaban J connectivity index is 3.71. The van der Waals surface area contributed by atoms with Crippen molar-refractivity contribution in [3.8, 4) is 0 Å². The molecule has 0 heterocycles. The molecule has 0 aliphatic carbocycles. The Morgan fingerprint density at radius 1 is 0.511 bits per heavy atom. The fraction of sp³-hybridized carbons (Fsp3) is 0.619. The SMILES string of the molecule is CC/C=C\C/C=C\C/C=C\C/C=C\C/C=C\CCCCCC(=O)O[C@@H](CO)COC(=O)CCCCCCC/C=C\C/C=C\CCCC. The molecule has 0 aliphatic heterocycles. The van der Waals surface area contributed by atoms with Crippen molar-refractivity contribution in [2.75, 3.05) is 13.2 Å². The second kappa shape index (κ2) is 37.5. The van der Waals surface area contributed by atoms with Gasteiger partial charge in [0.15, 0.2) is 6.10 Å². The topological polar surface area (TPSA) is 72.8 Å². The van der Waals surface area contributed by atoms with Gasteiger partial charge in [-0.15, -0.1) is 0 Å². The molecule has 266 valence electrons. The first-order valence-corrected chi connectivity index (χ1v) is 18.6. The summed E-state index contributed by atoms with van der Waals surface area (Å²) in [5.74, 6) is -0.655. The van der Waals surface area contributed by atoms with Gasteiger partial charge in [-0.25, -0.2) is 0 Å². The van der Waals surface area contributed by atoms with Crippen molar-refractivity contribution in [1.82, 2.24) is 0 Å². The van der Waals surface area contributed by atoms with Gasteiger partial charge in [0.1, 0.15) is 6.61 Å². The number of carbonyl (C=O) groups is 2. The number of allylic oxidation sites excluding steroid dienone is 14. The van der Waals surface area contributed by atoms with E-state index in [-0.39, 0.29) is 25.2 Å². The summed E-state index contributed by atoms with van der Waals surface area (Å²) in [4.78, 5) is 24.2. The third-order valence-corrected chi connectivity index (χ3v) is 7.42. The van der Waals surface area contributed by atoms with E-state index in [0.717, 1.165) is 96.3 Å². The molecular formula is C42H68O5. The standard InChI is InChI=1S/C42H68O5/c1-3-5-7-9-11-13-15-17-19-20-21-22-23-25-27-29-31-33-35-37-42(45)47-40(38-43)39-46-41(44)36-34-32-30-28-26-24-18-16-14-12-10-8-6-4-2/h5,7,10-13,16-19,21-22,25,27,40,43H,3-4,6,8-9,14-15,20,23-24,26,28-39H2,1-2H3/b7-5-,12-10-,13-11-,18-16-,19-17-,22-21-,27-25-/t40-/m0/s1. The first kappa shape index (κ1) is 44.1. The molecule has 0 aromatic rings. The summed E-state index contributed by atoms with van der Waals surface area (Å²) in [7, 11) is 0. The van der Waals surface area contributed by atoms with Crippen LogP contribution in [0.15, 0.2) is 85.1 Å². The van der Waals surface area contributed by atoms with E-state index in [1.165, 1.54) is 25.7 Å². The molecule has 0 amide bonds. The summed E-state index contributed by atoms with van der Waals surface area (Å²) < 4.78 is 10.6. The molecule has 0 spiro atoms. The number of hydrogen-bond donors (Lipinski definition) is 1. The Bertz CT molecular complexity index is 921. The summed E-state index contributed by atoms with van der Waals surface area (Å²) >= 11 is 0. The first-order valence-electron chi connectivity index (χ1n) is 18.6. The van der Waals surface area contributed by atoms with Crippen LogP contribution in [-0.4, -0.2) is 36.4 Å². The van der Waals surface area contributed by atoms with Gasteiger partial charge in [0.25, 0.3) is 0 Å². The highest BCUT2D eigenvalue weighted by Crippen LogP contribution is 2.10. The van der Waals surface area contributed by atoms with E-state index in [1.54, 1.807) is 0 Å². The van der Waals surface area contributed by atoms with Crippen molar-refractivity contribution >= 4 is 11.9 Å². The number of esters is 2. The molecule has 5 nitrogen and oxygen atoms in total.